The smallest absolute Gasteiger partial charge is 0.0659 e. The van der Waals surface area contributed by atoms with Gasteiger partial charge in [-0.05, 0) is 72.8 Å². The Labute approximate surface area is 190 Å². The minimum Gasteiger partial charge on any atom is -0.355 e. The largest absolute Gasteiger partial charge is 0.355 e. The molecule has 0 spiro atoms. The first-order chi connectivity index (χ1) is 14.8. The molecule has 0 amide bonds. The summed E-state index contributed by atoms with van der Waals surface area (Å²) in [5, 5.41) is 0. The number of aromatic nitrogens is 4. The van der Waals surface area contributed by atoms with Crippen molar-refractivity contribution in [3.63, 3.8) is 0 Å². The quantitative estimate of drug-likeness (QED) is 0.265. The predicted molar refractivity (Wildman–Crippen MR) is 125 cm³/mol. The zero-order chi connectivity index (χ0) is 20.2. The van der Waals surface area contributed by atoms with Gasteiger partial charge in [-0.3, -0.25) is 0 Å². The Bertz CT molecular complexity index is 1280. The van der Waals surface area contributed by atoms with Crippen molar-refractivity contribution in [2.45, 2.75) is 0 Å². The minimum absolute atomic E-state index is 0. The van der Waals surface area contributed by atoms with E-state index in [-0.39, 0.29) is 17.1 Å². The average molecular weight is 452 g/mol. The van der Waals surface area contributed by atoms with Gasteiger partial charge in [0.1, 0.15) is 0 Å². The van der Waals surface area contributed by atoms with Gasteiger partial charge in [0.15, 0.2) is 0 Å². The first-order valence-corrected chi connectivity index (χ1v) is 9.85. The van der Waals surface area contributed by atoms with Crippen molar-refractivity contribution in [1.82, 2.24) is 19.9 Å². The molecular weight excluding hydrogens is 432 g/mol. The van der Waals surface area contributed by atoms with Crippen molar-refractivity contribution in [2.24, 2.45) is 0 Å². The molecule has 1 radical (unpaired) electrons. The van der Waals surface area contributed by atoms with Crippen molar-refractivity contribution in [2.75, 3.05) is 0 Å². The molecule has 31 heavy (non-hydrogen) atoms. The maximum Gasteiger partial charge on any atom is 0.0659 e. The monoisotopic (exact) mass is 451 g/mol. The minimum atomic E-state index is 0. The van der Waals surface area contributed by atoms with Crippen molar-refractivity contribution in [1.29, 1.82) is 0 Å². The van der Waals surface area contributed by atoms with Gasteiger partial charge in [-0.25, -0.2) is 9.97 Å². The third-order valence-corrected chi connectivity index (χ3v) is 4.71. The fourth-order valence-corrected chi connectivity index (χ4v) is 3.33. The van der Waals surface area contributed by atoms with Crippen LogP contribution in [-0.4, -0.2) is 19.9 Å². The SMILES string of the molecule is C1=Cc2cc3ccc(cc4ccc(cc5nc(cc1n2)C=C5)[nH]4)[nH]3.[Cu].c1ccccc1. The summed E-state index contributed by atoms with van der Waals surface area (Å²) in [4.78, 5) is 16.0. The third kappa shape index (κ3) is 5.28. The molecule has 8 bridgehead atoms. The number of aromatic amines is 2. The van der Waals surface area contributed by atoms with E-state index >= 15 is 0 Å². The summed E-state index contributed by atoms with van der Waals surface area (Å²) in [6.07, 6.45) is 8.05. The van der Waals surface area contributed by atoms with Crippen LogP contribution in [0.5, 0.6) is 0 Å². The van der Waals surface area contributed by atoms with Gasteiger partial charge >= 0.3 is 0 Å². The molecule has 0 atom stereocenters. The van der Waals surface area contributed by atoms with Crippen LogP contribution < -0.4 is 0 Å². The number of nitrogens with one attached hydrogen (secondary N) is 2. The molecule has 5 heteroatoms. The van der Waals surface area contributed by atoms with Gasteiger partial charge in [0.05, 0.1) is 22.8 Å². The molecule has 3 aromatic heterocycles. The first kappa shape index (κ1) is 20.6. The van der Waals surface area contributed by atoms with Gasteiger partial charge in [-0.1, -0.05) is 36.4 Å². The Hall–Kier alpha value is -3.66. The number of hydrogen-bond donors (Lipinski definition) is 2. The van der Waals surface area contributed by atoms with E-state index in [0.29, 0.717) is 0 Å². The van der Waals surface area contributed by atoms with E-state index in [1.165, 1.54) is 0 Å². The molecule has 0 unspecified atom stereocenters. The van der Waals surface area contributed by atoms with Crippen LogP contribution in [0, 0.1) is 0 Å². The van der Waals surface area contributed by atoms with Crippen LogP contribution >= 0.6 is 0 Å². The summed E-state index contributed by atoms with van der Waals surface area (Å²) in [6, 6.07) is 28.4. The third-order valence-electron chi connectivity index (χ3n) is 4.71. The number of rotatable bonds is 0. The number of fused-ring (bicyclic) bond motifs is 8. The van der Waals surface area contributed by atoms with Gasteiger partial charge in [-0.2, -0.15) is 0 Å². The maximum absolute atomic E-state index is 4.62. The van der Waals surface area contributed by atoms with Crippen LogP contribution in [-0.2, 0) is 17.1 Å². The Morgan fingerprint density at radius 3 is 1.13 bits per heavy atom. The van der Waals surface area contributed by atoms with Crippen LogP contribution in [0.1, 0.15) is 22.8 Å². The van der Waals surface area contributed by atoms with E-state index in [4.69, 9.17) is 0 Å². The van der Waals surface area contributed by atoms with Crippen LogP contribution in [0.15, 0.2) is 84.9 Å². The number of benzene rings is 1. The van der Waals surface area contributed by atoms with E-state index in [0.717, 1.165) is 44.8 Å². The normalized spacial score (nSPS) is 11.4. The molecule has 2 aliphatic rings. The predicted octanol–water partition coefficient (Wildman–Crippen LogP) is 6.34. The summed E-state index contributed by atoms with van der Waals surface area (Å²) in [7, 11) is 0. The second kappa shape index (κ2) is 9.43. The molecular formula is C26H20CuN4. The van der Waals surface area contributed by atoms with Crippen LogP contribution in [0.4, 0.5) is 0 Å². The zero-order valence-corrected chi connectivity index (χ0v) is 17.5. The molecule has 4 aromatic rings. The van der Waals surface area contributed by atoms with Gasteiger partial charge in [0, 0.05) is 39.1 Å². The van der Waals surface area contributed by atoms with Crippen molar-refractivity contribution >= 4 is 46.4 Å². The van der Waals surface area contributed by atoms with E-state index in [1.54, 1.807) is 0 Å². The molecule has 0 saturated carbocycles. The standard InChI is InChI=1S/C20H14N4.C6H6.Cu/c1-2-14-10-16-5-6-18(23-16)12-20-8-7-19(24-20)11-17-4-3-15(22-17)9-13(1)21-14;1-2-4-6-5-3-1;/h1-12,21-22H;1-6H;. The summed E-state index contributed by atoms with van der Waals surface area (Å²) in [5.41, 5.74) is 7.86. The summed E-state index contributed by atoms with van der Waals surface area (Å²) in [6.45, 7) is 0. The van der Waals surface area contributed by atoms with E-state index in [9.17, 15) is 0 Å². The maximum atomic E-state index is 4.62. The Morgan fingerprint density at radius 2 is 0.742 bits per heavy atom. The van der Waals surface area contributed by atoms with Gasteiger partial charge in [-0.15, -0.1) is 0 Å². The molecule has 4 nitrogen and oxygen atoms in total. The zero-order valence-electron chi connectivity index (χ0n) is 16.6. The topological polar surface area (TPSA) is 57.4 Å². The Morgan fingerprint density at radius 1 is 0.419 bits per heavy atom. The van der Waals surface area contributed by atoms with Crippen LogP contribution in [0.25, 0.3) is 46.4 Å². The number of nitrogens with zero attached hydrogens (tertiary/aromatic N) is 2. The van der Waals surface area contributed by atoms with Crippen LogP contribution in [0.3, 0.4) is 0 Å². The van der Waals surface area contributed by atoms with Crippen molar-refractivity contribution in [3.05, 3.63) is 108 Å². The summed E-state index contributed by atoms with van der Waals surface area (Å²) < 4.78 is 0. The fraction of sp³-hybridized carbons (Fsp3) is 0. The molecule has 1 aromatic carbocycles. The van der Waals surface area contributed by atoms with Crippen molar-refractivity contribution in [3.8, 4) is 0 Å². The second-order valence-corrected chi connectivity index (χ2v) is 7.06. The Kier molecular flexibility index (Phi) is 6.27. The molecule has 5 heterocycles. The average Bonchev–Trinajstić information content (AvgIpc) is 3.56. The molecule has 2 aliphatic heterocycles. The van der Waals surface area contributed by atoms with E-state index < -0.39 is 0 Å². The molecule has 155 valence electrons. The number of hydrogen-bond acceptors (Lipinski definition) is 2. The summed E-state index contributed by atoms with van der Waals surface area (Å²) >= 11 is 0. The molecule has 6 rings (SSSR count). The molecule has 0 aliphatic carbocycles. The van der Waals surface area contributed by atoms with E-state index in [2.05, 4.69) is 50.3 Å². The first-order valence-electron chi connectivity index (χ1n) is 9.85. The molecule has 0 fully saturated rings. The molecule has 0 saturated heterocycles. The van der Waals surface area contributed by atoms with Crippen molar-refractivity contribution < 1.29 is 17.1 Å². The Balaban J connectivity index is 0.000000288. The fourth-order valence-electron chi connectivity index (χ4n) is 3.33. The van der Waals surface area contributed by atoms with Gasteiger partial charge in [0.2, 0.25) is 0 Å². The second-order valence-electron chi connectivity index (χ2n) is 7.06. The van der Waals surface area contributed by atoms with E-state index in [1.807, 2.05) is 78.9 Å². The van der Waals surface area contributed by atoms with Crippen LogP contribution in [0.2, 0.25) is 0 Å². The van der Waals surface area contributed by atoms with Gasteiger partial charge in [0.25, 0.3) is 0 Å². The molecule has 2 N–H and O–H groups in total. The van der Waals surface area contributed by atoms with Gasteiger partial charge < -0.3 is 9.97 Å². The summed E-state index contributed by atoms with van der Waals surface area (Å²) in [5.74, 6) is 0. The number of H-pyrrole nitrogens is 2.